The molecule has 0 unspecified atom stereocenters. The molecule has 4 nitrogen and oxygen atoms in total. The minimum absolute atomic E-state index is 0.0719. The Labute approximate surface area is 172 Å². The van der Waals surface area contributed by atoms with E-state index in [1.54, 1.807) is 24.0 Å². The molecule has 0 fully saturated rings. The molecular weight excluding hydrogens is 372 g/mol. The van der Waals surface area contributed by atoms with Gasteiger partial charge in [-0.1, -0.05) is 73.8 Å². The molecule has 1 atom stereocenters. The third-order valence-electron chi connectivity index (χ3n) is 4.71. The van der Waals surface area contributed by atoms with E-state index in [2.05, 4.69) is 12.2 Å². The quantitative estimate of drug-likeness (QED) is 0.592. The molecule has 0 saturated carbocycles. The number of carbonyl (C=O) groups excluding carboxylic acids is 2. The third kappa shape index (κ3) is 7.01. The number of nitrogens with zero attached hydrogens (tertiary/aromatic N) is 1. The predicted molar refractivity (Wildman–Crippen MR) is 114 cm³/mol. The second kappa shape index (κ2) is 11.5. The first kappa shape index (κ1) is 22.0. The molecule has 2 aromatic rings. The van der Waals surface area contributed by atoms with Gasteiger partial charge in [-0.2, -0.15) is 0 Å². The molecule has 0 heterocycles. The smallest absolute Gasteiger partial charge is 0.242 e. The first-order valence-electron chi connectivity index (χ1n) is 9.86. The van der Waals surface area contributed by atoms with Crippen LogP contribution in [-0.2, 0) is 22.6 Å². The molecule has 0 aliphatic rings. The lowest BCUT2D eigenvalue weighted by Gasteiger charge is -2.29. The minimum Gasteiger partial charge on any atom is -0.354 e. The maximum Gasteiger partial charge on any atom is 0.242 e. The molecule has 2 amide bonds. The van der Waals surface area contributed by atoms with Gasteiger partial charge in [-0.25, -0.2) is 0 Å². The van der Waals surface area contributed by atoms with E-state index in [4.69, 9.17) is 11.6 Å². The standard InChI is InChI=1S/C23H29ClN2O2/c1-3-4-8-15-25-23(28)18(2)26(17-20-11-13-21(24)14-12-20)22(27)16-19-9-6-5-7-10-19/h5-7,9-14,18H,3-4,8,15-17H2,1-2H3,(H,25,28)/t18-/m0/s1. The molecule has 0 saturated heterocycles. The fraction of sp³-hybridized carbons (Fsp3) is 0.391. The Morgan fingerprint density at radius 2 is 1.68 bits per heavy atom. The van der Waals surface area contributed by atoms with Gasteiger partial charge in [0.25, 0.3) is 0 Å². The van der Waals surface area contributed by atoms with Crippen LogP contribution in [0.2, 0.25) is 5.02 Å². The number of benzene rings is 2. The van der Waals surface area contributed by atoms with E-state index in [1.165, 1.54) is 0 Å². The van der Waals surface area contributed by atoms with Gasteiger partial charge in [-0.05, 0) is 36.6 Å². The lowest BCUT2D eigenvalue weighted by molar-refractivity contribution is -0.140. The summed E-state index contributed by atoms with van der Waals surface area (Å²) in [5, 5.41) is 3.60. The zero-order chi connectivity index (χ0) is 20.4. The van der Waals surface area contributed by atoms with Crippen LogP contribution in [0.5, 0.6) is 0 Å². The van der Waals surface area contributed by atoms with Crippen molar-refractivity contribution in [3.63, 3.8) is 0 Å². The van der Waals surface area contributed by atoms with Crippen molar-refractivity contribution in [3.8, 4) is 0 Å². The zero-order valence-corrected chi connectivity index (χ0v) is 17.4. The van der Waals surface area contributed by atoms with Crippen LogP contribution in [0.4, 0.5) is 0 Å². The van der Waals surface area contributed by atoms with E-state index in [-0.39, 0.29) is 18.2 Å². The highest BCUT2D eigenvalue weighted by atomic mass is 35.5. The van der Waals surface area contributed by atoms with Crippen LogP contribution >= 0.6 is 11.6 Å². The highest BCUT2D eigenvalue weighted by Gasteiger charge is 2.26. The lowest BCUT2D eigenvalue weighted by atomic mass is 10.1. The molecule has 2 aromatic carbocycles. The Balaban J connectivity index is 2.10. The highest BCUT2D eigenvalue weighted by molar-refractivity contribution is 6.30. The summed E-state index contributed by atoms with van der Waals surface area (Å²) in [5.74, 6) is -0.191. The Morgan fingerprint density at radius 3 is 2.32 bits per heavy atom. The number of hydrogen-bond donors (Lipinski definition) is 1. The van der Waals surface area contributed by atoms with E-state index < -0.39 is 6.04 Å². The van der Waals surface area contributed by atoms with Gasteiger partial charge in [0.1, 0.15) is 6.04 Å². The monoisotopic (exact) mass is 400 g/mol. The highest BCUT2D eigenvalue weighted by Crippen LogP contribution is 2.15. The summed E-state index contributed by atoms with van der Waals surface area (Å²) in [7, 11) is 0. The molecule has 5 heteroatoms. The van der Waals surface area contributed by atoms with Crippen molar-refractivity contribution in [1.29, 1.82) is 0 Å². The number of hydrogen-bond acceptors (Lipinski definition) is 2. The van der Waals surface area contributed by atoms with Crippen LogP contribution in [0.1, 0.15) is 44.2 Å². The summed E-state index contributed by atoms with van der Waals surface area (Å²) < 4.78 is 0. The zero-order valence-electron chi connectivity index (χ0n) is 16.7. The molecule has 0 aliphatic heterocycles. The second-order valence-corrected chi connectivity index (χ2v) is 7.42. The van der Waals surface area contributed by atoms with Crippen molar-refractivity contribution in [3.05, 3.63) is 70.7 Å². The van der Waals surface area contributed by atoms with Crippen LogP contribution in [0.15, 0.2) is 54.6 Å². The molecule has 28 heavy (non-hydrogen) atoms. The molecular formula is C23H29ClN2O2. The van der Waals surface area contributed by atoms with Crippen LogP contribution in [0.25, 0.3) is 0 Å². The normalized spacial score (nSPS) is 11.7. The Bertz CT molecular complexity index is 747. The average Bonchev–Trinajstić information content (AvgIpc) is 2.70. The Hall–Kier alpha value is -2.33. The average molecular weight is 401 g/mol. The second-order valence-electron chi connectivity index (χ2n) is 6.98. The largest absolute Gasteiger partial charge is 0.354 e. The first-order chi connectivity index (χ1) is 13.5. The number of rotatable bonds is 10. The van der Waals surface area contributed by atoms with Crippen LogP contribution in [-0.4, -0.2) is 29.3 Å². The van der Waals surface area contributed by atoms with Gasteiger partial charge in [-0.3, -0.25) is 9.59 Å². The van der Waals surface area contributed by atoms with Gasteiger partial charge in [0.2, 0.25) is 11.8 Å². The van der Waals surface area contributed by atoms with Crippen LogP contribution in [0.3, 0.4) is 0 Å². The van der Waals surface area contributed by atoms with E-state index in [0.29, 0.717) is 18.1 Å². The van der Waals surface area contributed by atoms with E-state index >= 15 is 0 Å². The van der Waals surface area contributed by atoms with Gasteiger partial charge in [-0.15, -0.1) is 0 Å². The molecule has 2 rings (SSSR count). The van der Waals surface area contributed by atoms with Gasteiger partial charge in [0.15, 0.2) is 0 Å². The Morgan fingerprint density at radius 1 is 1.00 bits per heavy atom. The minimum atomic E-state index is -0.548. The number of carbonyl (C=O) groups is 2. The van der Waals surface area contributed by atoms with Crippen molar-refractivity contribution < 1.29 is 9.59 Å². The third-order valence-corrected chi connectivity index (χ3v) is 4.96. The predicted octanol–water partition coefficient (Wildman–Crippen LogP) is 4.61. The molecule has 0 aliphatic carbocycles. The SMILES string of the molecule is CCCCCNC(=O)[C@H](C)N(Cc1ccc(Cl)cc1)C(=O)Cc1ccccc1. The summed E-state index contributed by atoms with van der Waals surface area (Å²) in [5.41, 5.74) is 1.88. The van der Waals surface area contributed by atoms with Gasteiger partial charge in [0, 0.05) is 18.1 Å². The molecule has 0 bridgehead atoms. The number of amides is 2. The van der Waals surface area contributed by atoms with Gasteiger partial charge < -0.3 is 10.2 Å². The van der Waals surface area contributed by atoms with Gasteiger partial charge >= 0.3 is 0 Å². The number of unbranched alkanes of at least 4 members (excludes halogenated alkanes) is 2. The van der Waals surface area contributed by atoms with Crippen molar-refractivity contribution in [2.45, 2.75) is 52.1 Å². The Kier molecular flexibility index (Phi) is 9.02. The topological polar surface area (TPSA) is 49.4 Å². The summed E-state index contributed by atoms with van der Waals surface area (Å²) in [4.78, 5) is 27.3. The van der Waals surface area contributed by atoms with Gasteiger partial charge in [0.05, 0.1) is 6.42 Å². The van der Waals surface area contributed by atoms with Crippen molar-refractivity contribution in [2.24, 2.45) is 0 Å². The molecule has 0 spiro atoms. The summed E-state index contributed by atoms with van der Waals surface area (Å²) >= 11 is 5.97. The van der Waals surface area contributed by atoms with E-state index in [0.717, 1.165) is 30.4 Å². The first-order valence-corrected chi connectivity index (χ1v) is 10.2. The summed E-state index contributed by atoms with van der Waals surface area (Å²) in [6.45, 7) is 4.92. The number of halogens is 1. The molecule has 1 N–H and O–H groups in total. The maximum atomic E-state index is 13.0. The number of nitrogens with one attached hydrogen (secondary N) is 1. The summed E-state index contributed by atoms with van der Waals surface area (Å²) in [6.07, 6.45) is 3.39. The van der Waals surface area contributed by atoms with Crippen molar-refractivity contribution >= 4 is 23.4 Å². The van der Waals surface area contributed by atoms with Crippen molar-refractivity contribution in [2.75, 3.05) is 6.54 Å². The lowest BCUT2D eigenvalue weighted by Crippen LogP contribution is -2.48. The van der Waals surface area contributed by atoms with Crippen LogP contribution < -0.4 is 5.32 Å². The molecule has 150 valence electrons. The molecule has 0 aromatic heterocycles. The molecule has 0 radical (unpaired) electrons. The fourth-order valence-corrected chi connectivity index (χ4v) is 3.10. The van der Waals surface area contributed by atoms with E-state index in [1.807, 2.05) is 42.5 Å². The van der Waals surface area contributed by atoms with Crippen molar-refractivity contribution in [1.82, 2.24) is 10.2 Å². The van der Waals surface area contributed by atoms with E-state index in [9.17, 15) is 9.59 Å². The van der Waals surface area contributed by atoms with Crippen LogP contribution in [0, 0.1) is 0 Å². The summed E-state index contributed by atoms with van der Waals surface area (Å²) in [6, 6.07) is 16.4. The maximum absolute atomic E-state index is 13.0. The fourth-order valence-electron chi connectivity index (χ4n) is 2.98.